The Bertz CT molecular complexity index is 713. The van der Waals surface area contributed by atoms with Crippen LogP contribution in [0.5, 0.6) is 0 Å². The van der Waals surface area contributed by atoms with Crippen LogP contribution in [0.1, 0.15) is 84.5 Å². The zero-order valence-corrected chi connectivity index (χ0v) is 22.3. The molecule has 1 aromatic rings. The number of amides is 1. The van der Waals surface area contributed by atoms with E-state index in [0.717, 1.165) is 45.1 Å². The summed E-state index contributed by atoms with van der Waals surface area (Å²) >= 11 is 0. The number of unbranched alkanes of at least 4 members (excludes halogenated alkanes) is 7. The number of carbonyl (C=O) groups excluding carboxylic acids is 1. The highest BCUT2D eigenvalue weighted by Gasteiger charge is 2.25. The molecule has 1 aliphatic heterocycles. The molecule has 0 bridgehead atoms. The van der Waals surface area contributed by atoms with E-state index in [9.17, 15) is 4.79 Å². The Balaban J connectivity index is 1.98. The Morgan fingerprint density at radius 1 is 0.941 bits per heavy atom. The average Bonchev–Trinajstić information content (AvgIpc) is 2.84. The van der Waals surface area contributed by atoms with Crippen LogP contribution in [0.2, 0.25) is 6.82 Å². The molecule has 0 aromatic carbocycles. The molecule has 0 aliphatic carbocycles. The van der Waals surface area contributed by atoms with E-state index in [0.29, 0.717) is 12.0 Å². The van der Waals surface area contributed by atoms with E-state index >= 15 is 0 Å². The summed E-state index contributed by atoms with van der Waals surface area (Å²) in [5.74, 6) is 0.844. The molecule has 1 fully saturated rings. The molecule has 1 saturated heterocycles. The molecule has 1 unspecified atom stereocenters. The molecule has 0 saturated carbocycles. The lowest BCUT2D eigenvalue weighted by Gasteiger charge is -2.39. The summed E-state index contributed by atoms with van der Waals surface area (Å²) in [5.41, 5.74) is 6.12. The Kier molecular flexibility index (Phi) is 13.3. The number of nitrogens with zero attached hydrogens (tertiary/aromatic N) is 6. The van der Waals surface area contributed by atoms with Gasteiger partial charge in [-0.15, -0.1) is 0 Å². The van der Waals surface area contributed by atoms with Crippen molar-refractivity contribution >= 4 is 30.8 Å². The van der Waals surface area contributed by atoms with Crippen LogP contribution in [0.25, 0.3) is 0 Å². The van der Waals surface area contributed by atoms with E-state index in [-0.39, 0.29) is 6.54 Å². The standard InChI is InChI=1S/C25H48BN7O/c1-5-7-9-11-13-15-21(14-12-10-8-6-2)32-16-18-33(19-17-32)25-29-23(26-3)28-24(30-25)31(4)20-22(27)34/h21,26H,5-20H2,1-4H3,(H2,27,34). The third-order valence-electron chi connectivity index (χ3n) is 6.85. The fourth-order valence-corrected chi connectivity index (χ4v) is 4.76. The van der Waals surface area contributed by atoms with Gasteiger partial charge in [-0.1, -0.05) is 78.5 Å². The molecule has 2 rings (SSSR count). The number of piperazine rings is 1. The molecule has 0 spiro atoms. The molecular formula is C25H48BN7O. The third kappa shape index (κ3) is 9.76. The van der Waals surface area contributed by atoms with Crippen molar-refractivity contribution < 1.29 is 4.79 Å². The Labute approximate surface area is 208 Å². The summed E-state index contributed by atoms with van der Waals surface area (Å²) in [5, 5.41) is 0. The van der Waals surface area contributed by atoms with E-state index in [2.05, 4.69) is 33.6 Å². The quantitative estimate of drug-likeness (QED) is 0.275. The van der Waals surface area contributed by atoms with Crippen molar-refractivity contribution in [1.82, 2.24) is 19.9 Å². The minimum atomic E-state index is -0.393. The van der Waals surface area contributed by atoms with E-state index < -0.39 is 5.91 Å². The number of likely N-dealkylation sites (N-methyl/N-ethyl adjacent to an activating group) is 1. The van der Waals surface area contributed by atoms with Crippen molar-refractivity contribution in [2.24, 2.45) is 5.73 Å². The predicted molar refractivity (Wildman–Crippen MR) is 145 cm³/mol. The normalized spacial score (nSPS) is 15.4. The first-order valence-electron chi connectivity index (χ1n) is 13.7. The maximum Gasteiger partial charge on any atom is 0.237 e. The molecule has 8 nitrogen and oxygen atoms in total. The molecule has 2 heterocycles. The van der Waals surface area contributed by atoms with Crippen LogP contribution in [0.4, 0.5) is 11.9 Å². The lowest BCUT2D eigenvalue weighted by Crippen LogP contribution is -2.51. The lowest BCUT2D eigenvalue weighted by molar-refractivity contribution is -0.116. The fourth-order valence-electron chi connectivity index (χ4n) is 4.76. The molecule has 2 N–H and O–H groups in total. The molecule has 192 valence electrons. The highest BCUT2D eigenvalue weighted by atomic mass is 16.1. The lowest BCUT2D eigenvalue weighted by atomic mass is 9.81. The first-order chi connectivity index (χ1) is 16.5. The van der Waals surface area contributed by atoms with Gasteiger partial charge < -0.3 is 15.5 Å². The van der Waals surface area contributed by atoms with Crippen LogP contribution >= 0.6 is 0 Å². The number of hydrogen-bond donors (Lipinski definition) is 1. The number of primary amides is 1. The van der Waals surface area contributed by atoms with Gasteiger partial charge in [0.2, 0.25) is 25.1 Å². The van der Waals surface area contributed by atoms with E-state index in [4.69, 9.17) is 10.7 Å². The smallest absolute Gasteiger partial charge is 0.237 e. The topological polar surface area (TPSA) is 91.5 Å². The summed E-state index contributed by atoms with van der Waals surface area (Å²) in [6, 6.07) is 0.697. The highest BCUT2D eigenvalue weighted by Crippen LogP contribution is 2.21. The van der Waals surface area contributed by atoms with Gasteiger partial charge in [-0.2, -0.15) is 4.98 Å². The van der Waals surface area contributed by atoms with Crippen LogP contribution in [0, 0.1) is 0 Å². The van der Waals surface area contributed by atoms with Gasteiger partial charge in [0.05, 0.1) is 12.3 Å². The number of hydrogen-bond acceptors (Lipinski definition) is 7. The number of anilines is 2. The SMILES string of the molecule is CBc1nc(N(C)CC(N)=O)nc(N2CCN(C(CCCCCC)CCCCCCC)CC2)n1. The van der Waals surface area contributed by atoms with Crippen molar-refractivity contribution in [2.45, 2.75) is 97.3 Å². The van der Waals surface area contributed by atoms with Gasteiger partial charge in [-0.25, -0.2) is 9.97 Å². The molecule has 1 amide bonds. The van der Waals surface area contributed by atoms with Crippen LogP contribution < -0.4 is 21.3 Å². The van der Waals surface area contributed by atoms with E-state index in [1.807, 2.05) is 6.82 Å². The molecule has 1 aromatic heterocycles. The van der Waals surface area contributed by atoms with Gasteiger partial charge in [-0.05, 0) is 12.8 Å². The highest BCUT2D eigenvalue weighted by molar-refractivity contribution is 6.49. The van der Waals surface area contributed by atoms with Gasteiger partial charge in [-0.3, -0.25) is 9.69 Å². The zero-order chi connectivity index (χ0) is 24.8. The largest absolute Gasteiger partial charge is 0.368 e. The van der Waals surface area contributed by atoms with Gasteiger partial charge in [0.15, 0.2) is 0 Å². The second kappa shape index (κ2) is 15.9. The van der Waals surface area contributed by atoms with Crippen molar-refractivity contribution in [1.29, 1.82) is 0 Å². The third-order valence-corrected chi connectivity index (χ3v) is 6.85. The van der Waals surface area contributed by atoms with Gasteiger partial charge in [0.25, 0.3) is 0 Å². The second-order valence-corrected chi connectivity index (χ2v) is 9.76. The molecule has 0 radical (unpaired) electrons. The van der Waals surface area contributed by atoms with Gasteiger partial charge >= 0.3 is 0 Å². The maximum atomic E-state index is 11.4. The van der Waals surface area contributed by atoms with Crippen LogP contribution in [-0.4, -0.2) is 78.9 Å². The van der Waals surface area contributed by atoms with Crippen molar-refractivity contribution in [3.8, 4) is 0 Å². The van der Waals surface area contributed by atoms with Crippen LogP contribution in [0.3, 0.4) is 0 Å². The van der Waals surface area contributed by atoms with Gasteiger partial charge in [0, 0.05) is 39.3 Å². The first kappa shape index (κ1) is 28.3. The fraction of sp³-hybridized carbons (Fsp3) is 0.840. The molecule has 1 aliphatic rings. The first-order valence-corrected chi connectivity index (χ1v) is 13.7. The van der Waals surface area contributed by atoms with E-state index in [1.165, 1.54) is 70.6 Å². The van der Waals surface area contributed by atoms with Crippen molar-refractivity contribution in [3.05, 3.63) is 0 Å². The van der Waals surface area contributed by atoms with Crippen molar-refractivity contribution in [3.63, 3.8) is 0 Å². The second-order valence-electron chi connectivity index (χ2n) is 9.76. The summed E-state index contributed by atoms with van der Waals surface area (Å²) in [6.07, 6.45) is 14.7. The molecule has 9 heteroatoms. The summed E-state index contributed by atoms with van der Waals surface area (Å²) in [4.78, 5) is 31.9. The number of nitrogens with two attached hydrogens (primary N) is 1. The minimum Gasteiger partial charge on any atom is -0.368 e. The molecular weight excluding hydrogens is 425 g/mol. The van der Waals surface area contributed by atoms with Gasteiger partial charge in [0.1, 0.15) is 0 Å². The molecule has 34 heavy (non-hydrogen) atoms. The monoisotopic (exact) mass is 473 g/mol. The maximum absolute atomic E-state index is 11.4. The Morgan fingerprint density at radius 3 is 2.09 bits per heavy atom. The summed E-state index contributed by atoms with van der Waals surface area (Å²) < 4.78 is 0. The number of aromatic nitrogens is 3. The van der Waals surface area contributed by atoms with E-state index in [1.54, 1.807) is 11.9 Å². The van der Waals surface area contributed by atoms with Crippen LogP contribution in [-0.2, 0) is 4.79 Å². The average molecular weight is 474 g/mol. The van der Waals surface area contributed by atoms with Crippen LogP contribution in [0.15, 0.2) is 0 Å². The number of rotatable bonds is 17. The molecule has 1 atom stereocenters. The zero-order valence-electron chi connectivity index (χ0n) is 22.3. The Hall–Kier alpha value is -1.90. The van der Waals surface area contributed by atoms with Crippen molar-refractivity contribution in [2.75, 3.05) is 49.6 Å². The Morgan fingerprint density at radius 2 is 1.53 bits per heavy atom. The minimum absolute atomic E-state index is 0.0956. The summed E-state index contributed by atoms with van der Waals surface area (Å²) in [7, 11) is 2.52. The summed E-state index contributed by atoms with van der Waals surface area (Å²) in [6.45, 7) is 10.6. The predicted octanol–water partition coefficient (Wildman–Crippen LogP) is 2.72. The number of carbonyl (C=O) groups is 1.